The predicted molar refractivity (Wildman–Crippen MR) is 247 cm³/mol. The molecular weight excluding hydrogens is 865 g/mol. The number of carbonyl (C=O) groups excluding carboxylic acids is 2. The lowest BCUT2D eigenvalue weighted by molar-refractivity contribution is -0.141. The zero-order chi connectivity index (χ0) is 46.3. The van der Waals surface area contributed by atoms with Gasteiger partial charge in [0.2, 0.25) is 11.8 Å². The summed E-state index contributed by atoms with van der Waals surface area (Å²) >= 11 is 1.59. The summed E-state index contributed by atoms with van der Waals surface area (Å²) in [5.41, 5.74) is 13.4. The highest BCUT2D eigenvalue weighted by atomic mass is 32.1. The quantitative estimate of drug-likeness (QED) is 0.0719. The van der Waals surface area contributed by atoms with Crippen LogP contribution in [0.3, 0.4) is 0 Å². The number of amides is 2. The van der Waals surface area contributed by atoms with Crippen LogP contribution in [0.15, 0.2) is 83.1 Å². The summed E-state index contributed by atoms with van der Waals surface area (Å²) < 4.78 is 25.0. The Labute approximate surface area is 386 Å². The van der Waals surface area contributed by atoms with Gasteiger partial charge in [0, 0.05) is 55.0 Å². The maximum atomic E-state index is 14.2. The van der Waals surface area contributed by atoms with E-state index < -0.39 is 18.1 Å². The second kappa shape index (κ2) is 20.9. The molecule has 0 radical (unpaired) electrons. The number of nitrogens with one attached hydrogen (secondary N) is 1. The Morgan fingerprint density at radius 2 is 1.71 bits per heavy atom. The van der Waals surface area contributed by atoms with Gasteiger partial charge in [0.25, 0.3) is 0 Å². The minimum Gasteiger partial charge on any atom is -0.507 e. The number of hydrogen-bond acceptors (Lipinski definition) is 16. The summed E-state index contributed by atoms with van der Waals surface area (Å²) in [4.78, 5) is 36.8. The first-order valence-corrected chi connectivity index (χ1v) is 23.0. The van der Waals surface area contributed by atoms with E-state index in [4.69, 9.17) is 24.5 Å². The van der Waals surface area contributed by atoms with Gasteiger partial charge in [0.1, 0.15) is 17.7 Å². The summed E-state index contributed by atoms with van der Waals surface area (Å²) in [6, 6.07) is 17.4. The highest BCUT2D eigenvalue weighted by Gasteiger charge is 2.44. The highest BCUT2D eigenvalue weighted by Crippen LogP contribution is 2.35. The third kappa shape index (κ3) is 10.7. The van der Waals surface area contributed by atoms with Crippen LogP contribution in [-0.2, 0) is 30.3 Å². The first kappa shape index (κ1) is 46.3. The number of para-hydroxylation sites is 1. The number of aliphatic hydroxyl groups is 1. The number of aliphatic hydroxyl groups excluding tert-OH is 1. The Balaban J connectivity index is 0.730. The molecule has 6 heterocycles. The van der Waals surface area contributed by atoms with Crippen molar-refractivity contribution in [2.24, 2.45) is 5.92 Å². The molecule has 2 aliphatic heterocycles. The Kier molecular flexibility index (Phi) is 14.7. The number of aromatic hydroxyl groups is 1. The molecular formula is C47H56N10O8S. The molecule has 0 unspecified atom stereocenters. The number of β-amino-alcohol motifs (C(OH)–C–C–N with tert-alkyl or cyclic N) is 1. The number of hydrogen-bond donors (Lipinski definition) is 4. The number of aromatic nitrogens is 6. The van der Waals surface area contributed by atoms with Crippen molar-refractivity contribution in [2.75, 3.05) is 63.3 Å². The molecule has 0 spiro atoms. The van der Waals surface area contributed by atoms with Crippen molar-refractivity contribution >= 4 is 34.8 Å². The van der Waals surface area contributed by atoms with Crippen molar-refractivity contribution in [1.29, 1.82) is 0 Å². The van der Waals surface area contributed by atoms with Gasteiger partial charge in [-0.05, 0) is 49.1 Å². The normalized spacial score (nSPS) is 17.3. The first-order chi connectivity index (χ1) is 31.9. The van der Waals surface area contributed by atoms with Gasteiger partial charge < -0.3 is 49.8 Å². The van der Waals surface area contributed by atoms with Gasteiger partial charge in [-0.2, -0.15) is 5.10 Å². The summed E-state index contributed by atoms with van der Waals surface area (Å²) in [5.74, 6) is -0.0481. The second-order valence-electron chi connectivity index (χ2n) is 17.0. The van der Waals surface area contributed by atoms with Crippen molar-refractivity contribution < 1.29 is 38.5 Å². The fraction of sp³-hybridized carbons (Fsp3) is 0.426. The Morgan fingerprint density at radius 3 is 2.45 bits per heavy atom. The number of likely N-dealkylation sites (tertiary alicyclic amines) is 1. The van der Waals surface area contributed by atoms with Crippen molar-refractivity contribution in [1.82, 2.24) is 40.3 Å². The van der Waals surface area contributed by atoms with Gasteiger partial charge in [0.15, 0.2) is 17.4 Å². The molecule has 6 aromatic rings. The number of rotatable bonds is 20. The number of benzene rings is 2. The van der Waals surface area contributed by atoms with Gasteiger partial charge in [-0.3, -0.25) is 14.3 Å². The van der Waals surface area contributed by atoms with Crippen molar-refractivity contribution in [3.05, 3.63) is 95.6 Å². The number of ether oxygens (including phenoxy) is 3. The number of nitrogens with zero attached hydrogens (tertiary/aromatic N) is 8. The maximum Gasteiger partial charge on any atom is 0.243 e. The van der Waals surface area contributed by atoms with Gasteiger partial charge in [-0.25, -0.2) is 4.98 Å². The molecule has 19 heteroatoms. The van der Waals surface area contributed by atoms with Crippen LogP contribution in [0.4, 0.5) is 11.6 Å². The number of nitrogens with two attached hydrogens (primary N) is 1. The van der Waals surface area contributed by atoms with Gasteiger partial charge in [-0.15, -0.1) is 21.5 Å². The number of nitrogen functional groups attached to an aromatic ring is 1. The molecule has 4 atom stereocenters. The maximum absolute atomic E-state index is 14.2. The van der Waals surface area contributed by atoms with Gasteiger partial charge >= 0.3 is 0 Å². The molecule has 0 saturated carbocycles. The fourth-order valence-corrected chi connectivity index (χ4v) is 9.07. The molecule has 2 amide bonds. The third-order valence-electron chi connectivity index (χ3n) is 11.9. The molecule has 8 rings (SSSR count). The predicted octanol–water partition coefficient (Wildman–Crippen LogP) is 5.23. The van der Waals surface area contributed by atoms with Crippen LogP contribution in [0.25, 0.3) is 32.8 Å². The topological polar surface area (TPSA) is 229 Å². The number of phenolic OH excluding ortho intramolecular Hbond substituents is 1. The van der Waals surface area contributed by atoms with E-state index >= 15 is 0 Å². The van der Waals surface area contributed by atoms with Crippen LogP contribution in [0, 0.1) is 12.8 Å². The van der Waals surface area contributed by atoms with E-state index in [9.17, 15) is 19.8 Å². The van der Waals surface area contributed by atoms with E-state index in [2.05, 4.69) is 30.8 Å². The van der Waals surface area contributed by atoms with E-state index in [1.165, 1.54) is 4.90 Å². The Morgan fingerprint density at radius 1 is 0.955 bits per heavy atom. The van der Waals surface area contributed by atoms with Crippen LogP contribution in [0.1, 0.15) is 56.2 Å². The minimum atomic E-state index is -0.823. The third-order valence-corrected chi connectivity index (χ3v) is 12.9. The van der Waals surface area contributed by atoms with Gasteiger partial charge in [0.05, 0.1) is 85.8 Å². The molecule has 5 N–H and O–H groups in total. The molecule has 2 fully saturated rings. The average Bonchev–Trinajstić information content (AvgIpc) is 4.12. The lowest BCUT2D eigenvalue weighted by Crippen LogP contribution is -2.52. The molecule has 4 aromatic heterocycles. The minimum absolute atomic E-state index is 0.00461. The van der Waals surface area contributed by atoms with Crippen molar-refractivity contribution in [3.63, 3.8) is 0 Å². The molecule has 2 aliphatic rings. The monoisotopic (exact) mass is 920 g/mol. The first-order valence-electron chi connectivity index (χ1n) is 22.2. The number of anilines is 2. The van der Waals surface area contributed by atoms with Crippen LogP contribution in [0.5, 0.6) is 5.75 Å². The second-order valence-corrected chi connectivity index (χ2v) is 17.8. The van der Waals surface area contributed by atoms with Crippen LogP contribution >= 0.6 is 11.3 Å². The largest absolute Gasteiger partial charge is 0.507 e. The lowest BCUT2D eigenvalue weighted by Gasteiger charge is -2.38. The van der Waals surface area contributed by atoms with Crippen molar-refractivity contribution in [3.8, 4) is 38.6 Å². The van der Waals surface area contributed by atoms with E-state index in [0.29, 0.717) is 81.1 Å². The molecule has 0 aliphatic carbocycles. The summed E-state index contributed by atoms with van der Waals surface area (Å²) in [5, 5.41) is 40.9. The zero-order valence-corrected chi connectivity index (χ0v) is 38.3. The molecule has 2 aromatic carbocycles. The zero-order valence-electron chi connectivity index (χ0n) is 37.4. The molecule has 0 bridgehead atoms. The number of thiazole rings is 1. The summed E-state index contributed by atoms with van der Waals surface area (Å²) in [6.45, 7) is 11.7. The number of aryl methyl sites for hydroxylation is 1. The molecule has 66 heavy (non-hydrogen) atoms. The van der Waals surface area contributed by atoms with Gasteiger partial charge in [-0.1, -0.05) is 55.4 Å². The molecule has 348 valence electrons. The molecule has 2 saturated heterocycles. The summed E-state index contributed by atoms with van der Waals surface area (Å²) in [6.07, 6.45) is 2.89. The Hall–Kier alpha value is -6.25. The SMILES string of the molecule is Cc1ncsc1-c1ccc([C@H](C)NC(=O)[C@@H]2C[C@@H](O)CN2C(=O)[C@@H](c2cc(N3CC(OCCOCCOCCn4cc(-c5cc(-c6ccccc6O)nnc5N)cn4)C3)no2)C(C)C)cc1. The lowest BCUT2D eigenvalue weighted by atomic mass is 9.91. The van der Waals surface area contributed by atoms with Crippen LogP contribution in [0.2, 0.25) is 0 Å². The average molecular weight is 921 g/mol. The fourth-order valence-electron chi connectivity index (χ4n) is 8.25. The Bertz CT molecular complexity index is 2570. The van der Waals surface area contributed by atoms with E-state index in [1.54, 1.807) is 52.5 Å². The number of carbonyl (C=O) groups is 2. The number of phenols is 1. The van der Waals surface area contributed by atoms with Crippen LogP contribution in [-0.4, -0.2) is 128 Å². The highest BCUT2D eigenvalue weighted by molar-refractivity contribution is 7.13. The van der Waals surface area contributed by atoms with E-state index in [1.807, 2.05) is 74.6 Å². The van der Waals surface area contributed by atoms with Crippen molar-refractivity contribution in [2.45, 2.75) is 70.9 Å². The van der Waals surface area contributed by atoms with Crippen LogP contribution < -0.4 is 16.0 Å². The van der Waals surface area contributed by atoms with E-state index in [0.717, 1.165) is 27.3 Å². The molecule has 18 nitrogen and oxygen atoms in total. The standard InChI is InChI=1S/C47H56N10O8S/c1-28(2)43(47(61)57-24-34(58)19-39(57)46(60)51-29(3)31-9-11-32(12-10-31)44-30(4)49-27-66-44)41-21-42(54-65-41)55-25-35(26-55)64-18-17-63-16-15-62-14-13-56-23-33(22-50-56)37-20-38(52-53-45(37)48)36-7-5-6-8-40(36)59/h5-12,20-23,27-29,34-35,39,43,58-59H,13-19,24-26H2,1-4H3,(H2,48,53)(H,51,60)/t29-,34+,39-,43+/m0/s1. The van der Waals surface area contributed by atoms with E-state index in [-0.39, 0.29) is 54.4 Å². The summed E-state index contributed by atoms with van der Waals surface area (Å²) in [7, 11) is 0. The smallest absolute Gasteiger partial charge is 0.243 e.